The van der Waals surface area contributed by atoms with Crippen LogP contribution in [0, 0.1) is 0 Å². The molecule has 0 aliphatic heterocycles. The van der Waals surface area contributed by atoms with Crippen molar-refractivity contribution in [3.05, 3.63) is 23.8 Å². The summed E-state index contributed by atoms with van der Waals surface area (Å²) in [7, 11) is -4.74. The van der Waals surface area contributed by atoms with Crippen molar-refractivity contribution in [2.24, 2.45) is 5.73 Å². The third-order valence-corrected chi connectivity index (χ3v) is 4.67. The average Bonchev–Trinajstić information content (AvgIpc) is 2.27. The fraction of sp³-hybridized carbons (Fsp3) is 0.500. The maximum absolute atomic E-state index is 12.4. The van der Waals surface area contributed by atoms with E-state index in [1.807, 2.05) is 0 Å². The molecule has 0 aromatic carbocycles. The van der Waals surface area contributed by atoms with Gasteiger partial charge in [0, 0.05) is 5.57 Å². The third kappa shape index (κ3) is 3.48. The lowest BCUT2D eigenvalue weighted by molar-refractivity contribution is -0.138. The Kier molecular flexibility index (Phi) is 4.63. The van der Waals surface area contributed by atoms with Crippen LogP contribution in [-0.2, 0) is 9.36 Å². The molecule has 0 saturated heterocycles. The summed E-state index contributed by atoms with van der Waals surface area (Å²) < 4.78 is 36.4. The van der Waals surface area contributed by atoms with Crippen molar-refractivity contribution < 1.29 is 33.0 Å². The van der Waals surface area contributed by atoms with Crippen LogP contribution >= 0.6 is 7.60 Å². The second-order valence-electron chi connectivity index (χ2n) is 4.34. The van der Waals surface area contributed by atoms with E-state index in [1.165, 1.54) is 0 Å². The molecule has 5 N–H and O–H groups in total. The van der Waals surface area contributed by atoms with E-state index in [2.05, 4.69) is 0 Å². The number of halogens is 2. The van der Waals surface area contributed by atoms with Crippen LogP contribution in [0.15, 0.2) is 23.8 Å². The van der Waals surface area contributed by atoms with Gasteiger partial charge >= 0.3 is 13.6 Å². The lowest BCUT2D eigenvalue weighted by atomic mass is 9.90. The number of hydrogen-bond acceptors (Lipinski definition) is 3. The fourth-order valence-corrected chi connectivity index (χ4v) is 2.83. The van der Waals surface area contributed by atoms with E-state index in [1.54, 1.807) is 0 Å². The topological polar surface area (TPSA) is 121 Å². The second-order valence-corrected chi connectivity index (χ2v) is 6.32. The summed E-state index contributed by atoms with van der Waals surface area (Å²) in [5.74, 6) is -1.41. The van der Waals surface area contributed by atoms with Gasteiger partial charge in [-0.3, -0.25) is 9.36 Å². The molecule has 0 amide bonds. The lowest BCUT2D eigenvalue weighted by Crippen LogP contribution is -2.40. The summed E-state index contributed by atoms with van der Waals surface area (Å²) in [5, 5.41) is 6.85. The molecule has 0 aromatic heterocycles. The van der Waals surface area contributed by atoms with E-state index in [4.69, 9.17) is 10.8 Å². The monoisotopic (exact) mass is 297 g/mol. The van der Waals surface area contributed by atoms with E-state index in [9.17, 15) is 27.9 Å². The number of nitrogens with two attached hydrogens (primary N) is 1. The van der Waals surface area contributed by atoms with Gasteiger partial charge < -0.3 is 20.6 Å². The normalized spacial score (nSPS) is 25.3. The highest BCUT2D eigenvalue weighted by atomic mass is 31.2. The molecule has 0 aromatic rings. The molecule has 0 fully saturated rings. The summed E-state index contributed by atoms with van der Waals surface area (Å²) in [5.41, 5.74) is 4.92. The molecule has 6 nitrogen and oxygen atoms in total. The Morgan fingerprint density at radius 3 is 2.42 bits per heavy atom. The van der Waals surface area contributed by atoms with Gasteiger partial charge in [0.2, 0.25) is 0 Å². The van der Waals surface area contributed by atoms with Gasteiger partial charge in [-0.15, -0.1) is 0 Å². The molecule has 2 atom stereocenters. The highest BCUT2D eigenvalue weighted by molar-refractivity contribution is 7.53. The molecule has 108 valence electrons. The quantitative estimate of drug-likeness (QED) is 0.558. The number of carboxylic acids is 1. The Labute approximate surface area is 107 Å². The Hall–Kier alpha value is -1.08. The zero-order valence-corrected chi connectivity index (χ0v) is 10.6. The predicted molar refractivity (Wildman–Crippen MR) is 62.8 cm³/mol. The average molecular weight is 297 g/mol. The van der Waals surface area contributed by atoms with Crippen molar-refractivity contribution in [2.45, 2.75) is 30.5 Å². The number of rotatable bonds is 5. The minimum absolute atomic E-state index is 0.354. The number of carbonyl (C=O) groups is 1. The van der Waals surface area contributed by atoms with Gasteiger partial charge in [-0.05, 0) is 12.8 Å². The summed E-state index contributed by atoms with van der Waals surface area (Å²) >= 11 is 0. The maximum Gasteiger partial charge on any atom is 0.335 e. The van der Waals surface area contributed by atoms with E-state index >= 15 is 0 Å². The van der Waals surface area contributed by atoms with E-state index in [-0.39, 0.29) is 12.0 Å². The third-order valence-electron chi connectivity index (χ3n) is 3.00. The van der Waals surface area contributed by atoms with Gasteiger partial charge in [0.25, 0.3) is 6.43 Å². The van der Waals surface area contributed by atoms with Crippen LogP contribution in [0.4, 0.5) is 8.78 Å². The first-order chi connectivity index (χ1) is 8.59. The second kappa shape index (κ2) is 5.50. The fourth-order valence-electron chi connectivity index (χ4n) is 1.80. The van der Waals surface area contributed by atoms with Crippen molar-refractivity contribution in [2.75, 3.05) is 0 Å². The van der Waals surface area contributed by atoms with Crippen molar-refractivity contribution in [3.8, 4) is 0 Å². The number of allylic oxidation sites excluding steroid dienone is 4. The first-order valence-corrected chi connectivity index (χ1v) is 6.92. The molecule has 1 aliphatic carbocycles. The first kappa shape index (κ1) is 16.0. The zero-order valence-electron chi connectivity index (χ0n) is 9.74. The molecule has 1 rings (SSSR count). The van der Waals surface area contributed by atoms with Gasteiger partial charge in [-0.1, -0.05) is 18.2 Å². The predicted octanol–water partition coefficient (Wildman–Crippen LogP) is 0.856. The Morgan fingerprint density at radius 2 is 2.11 bits per heavy atom. The molecule has 0 spiro atoms. The Morgan fingerprint density at radius 1 is 1.53 bits per heavy atom. The molecule has 1 unspecified atom stereocenters. The van der Waals surface area contributed by atoms with Crippen molar-refractivity contribution in [3.63, 3.8) is 0 Å². The van der Waals surface area contributed by atoms with Crippen LogP contribution < -0.4 is 5.73 Å². The molecule has 0 bridgehead atoms. The van der Waals surface area contributed by atoms with Crippen LogP contribution in [0.3, 0.4) is 0 Å². The van der Waals surface area contributed by atoms with Crippen LogP contribution in [0.2, 0.25) is 0 Å². The van der Waals surface area contributed by atoms with Crippen LogP contribution in [0.25, 0.3) is 0 Å². The summed E-state index contributed by atoms with van der Waals surface area (Å²) in [4.78, 5) is 29.4. The number of alkyl halides is 2. The minimum atomic E-state index is -4.74. The van der Waals surface area contributed by atoms with E-state index < -0.39 is 37.6 Å². The highest BCUT2D eigenvalue weighted by Gasteiger charge is 2.47. The van der Waals surface area contributed by atoms with E-state index in [0.29, 0.717) is 0 Å². The molecular weight excluding hydrogens is 283 g/mol. The lowest BCUT2D eigenvalue weighted by Gasteiger charge is -2.34. The summed E-state index contributed by atoms with van der Waals surface area (Å²) in [6.07, 6.45) is -0.817. The molecule has 0 heterocycles. The molecule has 19 heavy (non-hydrogen) atoms. The number of carboxylic acid groups (broad SMARTS) is 1. The van der Waals surface area contributed by atoms with E-state index in [0.717, 1.165) is 18.2 Å². The standard InChI is InChI=1S/C10H14F2NO5P/c11-8(12)6-1-3-10(4-2-6,19(16,17)18)5-7(13)9(14)15/h1-3,7-8H,4-5,13H2,(H,14,15)(H2,16,17,18)/t7-,10?/m0/s1. The smallest absolute Gasteiger partial charge is 0.335 e. The molecule has 0 radical (unpaired) electrons. The molecule has 9 heteroatoms. The van der Waals surface area contributed by atoms with Crippen molar-refractivity contribution in [1.29, 1.82) is 0 Å². The number of hydrogen-bond donors (Lipinski definition) is 4. The molecule has 0 saturated carbocycles. The molecule has 1 aliphatic rings. The van der Waals surface area contributed by atoms with Gasteiger partial charge in [-0.25, -0.2) is 8.78 Å². The first-order valence-electron chi connectivity index (χ1n) is 5.30. The Balaban J connectivity index is 3.05. The van der Waals surface area contributed by atoms with Crippen molar-refractivity contribution in [1.82, 2.24) is 0 Å². The van der Waals surface area contributed by atoms with Crippen LogP contribution in [-0.4, -0.2) is 38.5 Å². The SMILES string of the molecule is N[C@@H](CC1(P(=O)(O)O)C=CC(C(F)F)=CC1)C(=O)O. The summed E-state index contributed by atoms with van der Waals surface area (Å²) in [6, 6.07) is -1.49. The van der Waals surface area contributed by atoms with Gasteiger partial charge in [0.05, 0.1) is 5.16 Å². The largest absolute Gasteiger partial charge is 0.480 e. The maximum atomic E-state index is 12.4. The van der Waals surface area contributed by atoms with Crippen LogP contribution in [0.5, 0.6) is 0 Å². The minimum Gasteiger partial charge on any atom is -0.480 e. The highest BCUT2D eigenvalue weighted by Crippen LogP contribution is 2.57. The van der Waals surface area contributed by atoms with Gasteiger partial charge in [-0.2, -0.15) is 0 Å². The molecular formula is C10H14F2NO5P. The van der Waals surface area contributed by atoms with Crippen LogP contribution in [0.1, 0.15) is 12.8 Å². The van der Waals surface area contributed by atoms with Gasteiger partial charge in [0.15, 0.2) is 0 Å². The Bertz CT molecular complexity index is 473. The number of aliphatic carboxylic acids is 1. The summed E-state index contributed by atoms with van der Waals surface area (Å²) in [6.45, 7) is 0. The van der Waals surface area contributed by atoms with Gasteiger partial charge in [0.1, 0.15) is 6.04 Å². The zero-order chi connectivity index (χ0) is 14.8. The van der Waals surface area contributed by atoms with Crippen molar-refractivity contribution >= 4 is 13.6 Å².